The van der Waals surface area contributed by atoms with Gasteiger partial charge in [-0.2, -0.15) is 0 Å². The van der Waals surface area contributed by atoms with Crippen molar-refractivity contribution in [3.63, 3.8) is 0 Å². The van der Waals surface area contributed by atoms with Crippen molar-refractivity contribution in [1.29, 1.82) is 0 Å². The van der Waals surface area contributed by atoms with E-state index in [0.717, 1.165) is 0 Å². The largest absolute Gasteiger partial charge is 0.347 e. The lowest BCUT2D eigenvalue weighted by Gasteiger charge is -2.22. The lowest BCUT2D eigenvalue weighted by molar-refractivity contribution is -0.133. The fraction of sp³-hybridized carbons (Fsp3) is 0.556. The van der Waals surface area contributed by atoms with Crippen molar-refractivity contribution in [1.82, 2.24) is 26.6 Å². The summed E-state index contributed by atoms with van der Waals surface area (Å²) in [7, 11) is 0. The van der Waals surface area contributed by atoms with E-state index in [1.165, 1.54) is 33.9 Å². The third-order valence-electron chi connectivity index (χ3n) is 4.08. The molecule has 1 rings (SSSR count). The molecule has 0 saturated heterocycles. The Morgan fingerprint density at radius 2 is 1.00 bits per heavy atom. The zero-order valence-corrected chi connectivity index (χ0v) is 17.2. The molecule has 5 amide bonds. The number of nitrogens with zero attached hydrogens (tertiary/aromatic N) is 1. The molecule has 0 aliphatic carbocycles. The zero-order chi connectivity index (χ0) is 22.3. The predicted molar refractivity (Wildman–Crippen MR) is 106 cm³/mol. The standard InChI is InChI=1S/C18H28N6O5/c1-8-7-19-9(2)14(25)21-11(4)16(27)23-13(6)18(29)24-12(5)17(28)22-10(3)15(26)20-8/h7-8,10-13H,2H2,1,3-6H3,(H,20,26)(H,21,25)(H,22,28)(H,23,27)(H,24,29). The van der Waals surface area contributed by atoms with Crippen molar-refractivity contribution >= 4 is 35.8 Å². The highest BCUT2D eigenvalue weighted by atomic mass is 16.2. The predicted octanol–water partition coefficient (Wildman–Crippen LogP) is -1.89. The first-order valence-corrected chi connectivity index (χ1v) is 9.17. The Bertz CT molecular complexity index is 734. The molecule has 11 heteroatoms. The quantitative estimate of drug-likeness (QED) is 0.296. The average molecular weight is 408 g/mol. The first kappa shape index (κ1) is 23.8. The highest BCUT2D eigenvalue weighted by Crippen LogP contribution is 1.97. The number of rotatable bonds is 0. The van der Waals surface area contributed by atoms with Gasteiger partial charge in [0.05, 0.1) is 6.04 Å². The first-order valence-electron chi connectivity index (χ1n) is 9.17. The molecule has 0 saturated carbocycles. The van der Waals surface area contributed by atoms with Crippen LogP contribution in [0.25, 0.3) is 0 Å². The maximum absolute atomic E-state index is 12.2. The summed E-state index contributed by atoms with van der Waals surface area (Å²) >= 11 is 0. The van der Waals surface area contributed by atoms with Crippen molar-refractivity contribution < 1.29 is 24.0 Å². The van der Waals surface area contributed by atoms with Crippen molar-refractivity contribution in [2.45, 2.75) is 64.8 Å². The van der Waals surface area contributed by atoms with Crippen LogP contribution in [0.3, 0.4) is 0 Å². The van der Waals surface area contributed by atoms with Crippen LogP contribution < -0.4 is 26.6 Å². The molecular formula is C18H28N6O5. The smallest absolute Gasteiger partial charge is 0.269 e. The van der Waals surface area contributed by atoms with Gasteiger partial charge in [-0.1, -0.05) is 6.58 Å². The summed E-state index contributed by atoms with van der Waals surface area (Å²) in [4.78, 5) is 64.8. The molecule has 5 unspecified atom stereocenters. The van der Waals surface area contributed by atoms with Crippen molar-refractivity contribution in [2.75, 3.05) is 0 Å². The Balaban J connectivity index is 3.05. The molecule has 0 spiro atoms. The van der Waals surface area contributed by atoms with Gasteiger partial charge in [-0.3, -0.25) is 29.0 Å². The maximum atomic E-state index is 12.2. The van der Waals surface area contributed by atoms with Crippen LogP contribution in [-0.4, -0.2) is 66.0 Å². The molecule has 0 aromatic heterocycles. The Hall–Kier alpha value is -3.24. The fourth-order valence-corrected chi connectivity index (χ4v) is 2.20. The first-order chi connectivity index (χ1) is 13.4. The van der Waals surface area contributed by atoms with Gasteiger partial charge in [-0.25, -0.2) is 0 Å². The van der Waals surface area contributed by atoms with Crippen LogP contribution in [0.5, 0.6) is 0 Å². The molecule has 1 aliphatic rings. The Morgan fingerprint density at radius 3 is 1.41 bits per heavy atom. The minimum Gasteiger partial charge on any atom is -0.347 e. The van der Waals surface area contributed by atoms with Gasteiger partial charge in [-0.05, 0) is 34.6 Å². The Morgan fingerprint density at radius 1 is 0.655 bits per heavy atom. The van der Waals surface area contributed by atoms with Crippen LogP contribution in [0.2, 0.25) is 0 Å². The van der Waals surface area contributed by atoms with E-state index in [-0.39, 0.29) is 5.70 Å². The van der Waals surface area contributed by atoms with Gasteiger partial charge in [0, 0.05) is 6.21 Å². The second-order valence-corrected chi connectivity index (χ2v) is 6.91. The van der Waals surface area contributed by atoms with Gasteiger partial charge < -0.3 is 26.6 Å². The molecule has 160 valence electrons. The number of carbonyl (C=O) groups is 5. The molecule has 0 bridgehead atoms. The molecule has 11 nitrogen and oxygen atoms in total. The van der Waals surface area contributed by atoms with Crippen LogP contribution >= 0.6 is 0 Å². The van der Waals surface area contributed by atoms with Gasteiger partial charge >= 0.3 is 0 Å². The summed E-state index contributed by atoms with van der Waals surface area (Å²) in [5, 5.41) is 12.4. The Labute approximate surface area is 169 Å². The van der Waals surface area contributed by atoms with Crippen molar-refractivity contribution in [2.24, 2.45) is 4.99 Å². The highest BCUT2D eigenvalue weighted by molar-refractivity contribution is 5.99. The van der Waals surface area contributed by atoms with Gasteiger partial charge in [0.2, 0.25) is 23.6 Å². The fourth-order valence-electron chi connectivity index (χ4n) is 2.20. The summed E-state index contributed by atoms with van der Waals surface area (Å²) in [6, 6.07) is -4.28. The van der Waals surface area contributed by atoms with Crippen LogP contribution in [0.4, 0.5) is 0 Å². The molecule has 0 aromatic carbocycles. The topological polar surface area (TPSA) is 158 Å². The number of hydrogen-bond acceptors (Lipinski definition) is 6. The van der Waals surface area contributed by atoms with Crippen LogP contribution in [0.15, 0.2) is 17.3 Å². The molecule has 5 atom stereocenters. The second kappa shape index (κ2) is 10.3. The van der Waals surface area contributed by atoms with E-state index in [9.17, 15) is 24.0 Å². The average Bonchev–Trinajstić information content (AvgIpc) is 2.64. The monoisotopic (exact) mass is 408 g/mol. The molecule has 0 aromatic rings. The van der Waals surface area contributed by atoms with E-state index in [1.54, 1.807) is 6.92 Å². The minimum absolute atomic E-state index is 0.159. The number of nitrogens with one attached hydrogen (secondary N) is 5. The van der Waals surface area contributed by atoms with Gasteiger partial charge in [0.15, 0.2) is 0 Å². The summed E-state index contributed by atoms with van der Waals surface area (Å²) in [5.41, 5.74) is -0.159. The molecule has 29 heavy (non-hydrogen) atoms. The summed E-state index contributed by atoms with van der Waals surface area (Å²) in [5.74, 6) is -2.89. The summed E-state index contributed by atoms with van der Waals surface area (Å²) < 4.78 is 0. The van der Waals surface area contributed by atoms with Gasteiger partial charge in [-0.15, -0.1) is 0 Å². The molecule has 1 heterocycles. The van der Waals surface area contributed by atoms with Crippen molar-refractivity contribution in [3.8, 4) is 0 Å². The van der Waals surface area contributed by atoms with Gasteiger partial charge in [0.1, 0.15) is 29.9 Å². The van der Waals surface area contributed by atoms with E-state index in [4.69, 9.17) is 0 Å². The number of aliphatic imine (C=N–C) groups is 1. The van der Waals surface area contributed by atoms with E-state index in [0.29, 0.717) is 0 Å². The maximum Gasteiger partial charge on any atom is 0.269 e. The molecule has 5 N–H and O–H groups in total. The summed E-state index contributed by atoms with van der Waals surface area (Å²) in [6.07, 6.45) is 1.31. The number of carbonyl (C=O) groups excluding carboxylic acids is 5. The zero-order valence-electron chi connectivity index (χ0n) is 17.2. The molecule has 0 fully saturated rings. The Kier molecular flexibility index (Phi) is 8.49. The molecule has 1 aliphatic heterocycles. The van der Waals surface area contributed by atoms with Gasteiger partial charge in [0.25, 0.3) is 5.91 Å². The second-order valence-electron chi connectivity index (χ2n) is 6.91. The normalized spacial score (nSPS) is 30.9. The SMILES string of the molecule is C=C1N=CC(C)NC(=O)C(C)NC(=O)C(C)NC(=O)C(C)NC(=O)C(C)NC1=O. The minimum atomic E-state index is -0.959. The van der Waals surface area contributed by atoms with Crippen LogP contribution in [0.1, 0.15) is 34.6 Å². The van der Waals surface area contributed by atoms with E-state index in [1.807, 2.05) is 0 Å². The van der Waals surface area contributed by atoms with E-state index in [2.05, 4.69) is 38.2 Å². The van der Waals surface area contributed by atoms with Crippen LogP contribution in [0, 0.1) is 0 Å². The van der Waals surface area contributed by atoms with Crippen molar-refractivity contribution in [3.05, 3.63) is 12.3 Å². The third kappa shape index (κ3) is 7.35. The van der Waals surface area contributed by atoms with Crippen LogP contribution in [-0.2, 0) is 24.0 Å². The molecular weight excluding hydrogens is 380 g/mol. The van der Waals surface area contributed by atoms with E-state index >= 15 is 0 Å². The van der Waals surface area contributed by atoms with E-state index < -0.39 is 59.7 Å². The third-order valence-corrected chi connectivity index (χ3v) is 4.08. The summed E-state index contributed by atoms with van der Waals surface area (Å²) in [6.45, 7) is 11.0. The molecule has 0 radical (unpaired) electrons. The number of amides is 5. The lowest BCUT2D eigenvalue weighted by atomic mass is 10.2. The number of hydrogen-bond donors (Lipinski definition) is 5. The highest BCUT2D eigenvalue weighted by Gasteiger charge is 2.26. The lowest BCUT2D eigenvalue weighted by Crippen LogP contribution is -2.56.